The highest BCUT2D eigenvalue weighted by Gasteiger charge is 2.25. The molecule has 10 rings (SSSR count). The Morgan fingerprint density at radius 2 is 1.08 bits per heavy atom. The molecule has 0 bridgehead atoms. The summed E-state index contributed by atoms with van der Waals surface area (Å²) in [6.45, 7) is 0. The molecule has 0 saturated carbocycles. The molecule has 0 N–H and O–H groups in total. The van der Waals surface area contributed by atoms with Gasteiger partial charge in [-0.1, -0.05) is 115 Å². The van der Waals surface area contributed by atoms with Crippen LogP contribution in [0.25, 0.3) is 53.5 Å². The van der Waals surface area contributed by atoms with Gasteiger partial charge in [-0.15, -0.1) is 11.3 Å². The van der Waals surface area contributed by atoms with E-state index in [1.54, 1.807) is 0 Å². The van der Waals surface area contributed by atoms with E-state index in [9.17, 15) is 0 Å². The predicted octanol–water partition coefficient (Wildman–Crippen LogP) is 14.0. The van der Waals surface area contributed by atoms with E-state index < -0.39 is 0 Å². The van der Waals surface area contributed by atoms with Gasteiger partial charge in [0.25, 0.3) is 0 Å². The van der Waals surface area contributed by atoms with Crippen molar-refractivity contribution in [3.8, 4) is 11.5 Å². The van der Waals surface area contributed by atoms with Gasteiger partial charge in [-0.2, -0.15) is 0 Å². The van der Waals surface area contributed by atoms with Gasteiger partial charge in [0.05, 0.1) is 21.8 Å². The van der Waals surface area contributed by atoms with Crippen LogP contribution in [0.15, 0.2) is 192 Å². The summed E-state index contributed by atoms with van der Waals surface area (Å²) < 4.78 is 9.22. The van der Waals surface area contributed by atoms with Gasteiger partial charge < -0.3 is 14.2 Å². The fraction of sp³-hybridized carbons (Fsp3) is 0. The lowest BCUT2D eigenvalue weighted by molar-refractivity contribution is 0.620. The molecular weight excluding hydrogens is 655 g/mol. The van der Waals surface area contributed by atoms with Crippen LogP contribution in [0.3, 0.4) is 0 Å². The maximum atomic E-state index is 6.72. The molecule has 0 radical (unpaired) electrons. The number of aromatic nitrogens is 1. The number of nitrogens with zero attached hydrogens (tertiary/aromatic N) is 3. The van der Waals surface area contributed by atoms with Crippen molar-refractivity contribution in [2.45, 2.75) is 0 Å². The Bertz CT molecular complexity index is 2860. The fourth-order valence-corrected chi connectivity index (χ4v) is 8.44. The summed E-state index contributed by atoms with van der Waals surface area (Å²) in [5.41, 5.74) is 8.53. The topological polar surface area (TPSA) is 32.5 Å². The molecule has 2 heterocycles. The van der Waals surface area contributed by atoms with Crippen molar-refractivity contribution < 1.29 is 4.42 Å². The van der Waals surface area contributed by atoms with E-state index in [0.717, 1.165) is 45.2 Å². The van der Waals surface area contributed by atoms with Crippen LogP contribution >= 0.6 is 11.3 Å². The average molecular weight is 686 g/mol. The first kappa shape index (κ1) is 30.2. The second-order valence-corrected chi connectivity index (χ2v) is 13.9. The molecule has 0 aliphatic rings. The Morgan fingerprint density at radius 1 is 0.442 bits per heavy atom. The molecular formula is C47H31N3OS. The van der Waals surface area contributed by atoms with E-state index in [2.05, 4.69) is 168 Å². The third kappa shape index (κ3) is 5.18. The SMILES string of the molecule is c1ccc(-c2nc3c(N(c4ccccc4)c4ccc5ccccc5c4)cc(N(c4ccccc4)c4cccc5c4sc4ccccc45)cc3o2)cc1. The van der Waals surface area contributed by atoms with Crippen LogP contribution in [-0.2, 0) is 0 Å². The molecule has 246 valence electrons. The van der Waals surface area contributed by atoms with Crippen molar-refractivity contribution in [3.63, 3.8) is 0 Å². The summed E-state index contributed by atoms with van der Waals surface area (Å²) in [6.07, 6.45) is 0. The van der Waals surface area contributed by atoms with Crippen LogP contribution in [0.1, 0.15) is 0 Å². The average Bonchev–Trinajstić information content (AvgIpc) is 3.82. The molecule has 52 heavy (non-hydrogen) atoms. The Kier molecular flexibility index (Phi) is 7.29. The summed E-state index contributed by atoms with van der Waals surface area (Å²) in [6, 6.07) is 66.1. The van der Waals surface area contributed by atoms with Crippen molar-refractivity contribution >= 4 is 87.5 Å². The molecule has 0 atom stereocenters. The summed E-state index contributed by atoms with van der Waals surface area (Å²) in [7, 11) is 0. The minimum absolute atomic E-state index is 0.582. The Balaban J connectivity index is 1.28. The van der Waals surface area contributed by atoms with Crippen LogP contribution in [-0.4, -0.2) is 4.98 Å². The van der Waals surface area contributed by atoms with E-state index in [1.807, 2.05) is 41.7 Å². The molecule has 4 nitrogen and oxygen atoms in total. The summed E-state index contributed by atoms with van der Waals surface area (Å²) in [5.74, 6) is 0.582. The Morgan fingerprint density at radius 3 is 1.85 bits per heavy atom. The number of oxazole rings is 1. The third-order valence-electron chi connectivity index (χ3n) is 9.62. The van der Waals surface area contributed by atoms with E-state index in [1.165, 1.54) is 30.9 Å². The molecule has 0 saturated heterocycles. The van der Waals surface area contributed by atoms with Crippen molar-refractivity contribution in [2.75, 3.05) is 9.80 Å². The minimum Gasteiger partial charge on any atom is -0.436 e. The number of para-hydroxylation sites is 2. The molecule has 0 spiro atoms. The zero-order valence-corrected chi connectivity index (χ0v) is 28.9. The second kappa shape index (κ2) is 12.6. The molecule has 0 aliphatic heterocycles. The van der Waals surface area contributed by atoms with E-state index in [4.69, 9.17) is 9.40 Å². The zero-order valence-electron chi connectivity index (χ0n) is 28.1. The second-order valence-electron chi connectivity index (χ2n) is 12.8. The van der Waals surface area contributed by atoms with Crippen molar-refractivity contribution in [1.29, 1.82) is 0 Å². The van der Waals surface area contributed by atoms with E-state index >= 15 is 0 Å². The van der Waals surface area contributed by atoms with Crippen LogP contribution in [0, 0.1) is 0 Å². The number of anilines is 6. The van der Waals surface area contributed by atoms with E-state index in [0.29, 0.717) is 11.5 Å². The van der Waals surface area contributed by atoms with Crippen molar-refractivity contribution in [2.24, 2.45) is 0 Å². The summed E-state index contributed by atoms with van der Waals surface area (Å²) in [5, 5.41) is 4.87. The lowest BCUT2D eigenvalue weighted by Crippen LogP contribution is -2.14. The maximum Gasteiger partial charge on any atom is 0.227 e. The highest BCUT2D eigenvalue weighted by molar-refractivity contribution is 7.26. The Labute approximate surface area is 305 Å². The first-order valence-electron chi connectivity index (χ1n) is 17.4. The van der Waals surface area contributed by atoms with Crippen LogP contribution in [0.4, 0.5) is 34.1 Å². The van der Waals surface area contributed by atoms with Gasteiger partial charge in [-0.25, -0.2) is 4.98 Å². The lowest BCUT2D eigenvalue weighted by Gasteiger charge is -2.30. The zero-order chi connectivity index (χ0) is 34.4. The summed E-state index contributed by atoms with van der Waals surface area (Å²) >= 11 is 1.83. The van der Waals surface area contributed by atoms with Crippen molar-refractivity contribution in [1.82, 2.24) is 4.98 Å². The van der Waals surface area contributed by atoms with Gasteiger partial charge in [-0.3, -0.25) is 0 Å². The minimum atomic E-state index is 0.582. The molecule has 0 aliphatic carbocycles. The molecule has 2 aromatic heterocycles. The van der Waals surface area contributed by atoms with Crippen molar-refractivity contribution in [3.05, 3.63) is 188 Å². The summed E-state index contributed by atoms with van der Waals surface area (Å²) in [4.78, 5) is 9.88. The molecule has 0 amide bonds. The smallest absolute Gasteiger partial charge is 0.227 e. The molecule has 8 aromatic carbocycles. The van der Waals surface area contributed by atoms with Crippen LogP contribution in [0.5, 0.6) is 0 Å². The normalized spacial score (nSPS) is 11.5. The van der Waals surface area contributed by atoms with Gasteiger partial charge in [0.15, 0.2) is 5.58 Å². The number of fused-ring (bicyclic) bond motifs is 5. The molecule has 0 fully saturated rings. The lowest BCUT2D eigenvalue weighted by atomic mass is 10.1. The van der Waals surface area contributed by atoms with Gasteiger partial charge in [-0.05, 0) is 77.5 Å². The predicted molar refractivity (Wildman–Crippen MR) is 219 cm³/mol. The first-order chi connectivity index (χ1) is 25.8. The number of thiophene rings is 1. The largest absolute Gasteiger partial charge is 0.436 e. The molecule has 10 aromatic rings. The van der Waals surface area contributed by atoms with E-state index in [-0.39, 0.29) is 0 Å². The van der Waals surface area contributed by atoms with Crippen LogP contribution < -0.4 is 9.80 Å². The van der Waals surface area contributed by atoms with Gasteiger partial charge in [0, 0.05) is 44.2 Å². The maximum absolute atomic E-state index is 6.72. The highest BCUT2D eigenvalue weighted by atomic mass is 32.1. The number of hydrogen-bond donors (Lipinski definition) is 0. The third-order valence-corrected chi connectivity index (χ3v) is 10.8. The number of rotatable bonds is 7. The highest BCUT2D eigenvalue weighted by Crippen LogP contribution is 2.48. The number of hydrogen-bond acceptors (Lipinski definition) is 5. The van der Waals surface area contributed by atoms with Gasteiger partial charge in [0.2, 0.25) is 5.89 Å². The molecule has 0 unspecified atom stereocenters. The Hall–Kier alpha value is -6.69. The molecule has 5 heteroatoms. The monoisotopic (exact) mass is 685 g/mol. The number of benzene rings is 8. The standard InChI is InChI=1S/C47H31N3OS/c1-4-16-33(17-5-1)47-48-45-42(49(35-19-6-2-7-20-35)37-28-27-32-15-10-11-18-34(32)29-37)30-38(31-43(45)51-47)50(36-21-8-3-9-22-36)41-25-14-24-40-39-23-12-13-26-44(39)52-46(40)41/h1-31H. The quantitative estimate of drug-likeness (QED) is 0.167. The van der Waals surface area contributed by atoms with Gasteiger partial charge >= 0.3 is 0 Å². The fourth-order valence-electron chi connectivity index (χ4n) is 7.23. The first-order valence-corrected chi connectivity index (χ1v) is 18.2. The van der Waals surface area contributed by atoms with Crippen LogP contribution in [0.2, 0.25) is 0 Å². The van der Waals surface area contributed by atoms with Gasteiger partial charge in [0.1, 0.15) is 5.52 Å².